The highest BCUT2D eigenvalue weighted by molar-refractivity contribution is 6.30. The van der Waals surface area contributed by atoms with Crippen LogP contribution < -0.4 is 9.64 Å². The first-order valence-corrected chi connectivity index (χ1v) is 10.5. The van der Waals surface area contributed by atoms with E-state index in [1.54, 1.807) is 12.1 Å². The van der Waals surface area contributed by atoms with Crippen molar-refractivity contribution in [2.24, 2.45) is 5.92 Å². The van der Waals surface area contributed by atoms with E-state index in [4.69, 9.17) is 21.1 Å². The van der Waals surface area contributed by atoms with Crippen LogP contribution in [0.5, 0.6) is 5.75 Å². The molecule has 0 amide bonds. The molecule has 1 aromatic heterocycles. The number of esters is 1. The highest BCUT2D eigenvalue weighted by Gasteiger charge is 2.15. The van der Waals surface area contributed by atoms with Crippen molar-refractivity contribution in [2.75, 3.05) is 24.7 Å². The molecule has 29 heavy (non-hydrogen) atoms. The number of unbranched alkanes of at least 4 members (excludes halogenated alkanes) is 1. The van der Waals surface area contributed by atoms with Gasteiger partial charge in [-0.3, -0.25) is 0 Å². The molecule has 2 aromatic rings. The van der Waals surface area contributed by atoms with E-state index >= 15 is 0 Å². The second-order valence-electron chi connectivity index (χ2n) is 7.24. The number of aromatic nitrogens is 2. The van der Waals surface area contributed by atoms with E-state index in [0.29, 0.717) is 43.1 Å². The normalized spacial score (nSPS) is 10.8. The molecule has 0 radical (unpaired) electrons. The third-order valence-corrected chi connectivity index (χ3v) is 4.49. The summed E-state index contributed by atoms with van der Waals surface area (Å²) in [4.78, 5) is 14.0. The maximum Gasteiger partial charge on any atom is 0.358 e. The van der Waals surface area contributed by atoms with Crippen LogP contribution in [0, 0.1) is 5.92 Å². The quantitative estimate of drug-likeness (QED) is 0.370. The molecular weight excluding hydrogens is 390 g/mol. The van der Waals surface area contributed by atoms with Gasteiger partial charge in [0.2, 0.25) is 0 Å². The topological polar surface area (TPSA) is 64.5 Å². The van der Waals surface area contributed by atoms with Gasteiger partial charge >= 0.3 is 5.97 Å². The summed E-state index contributed by atoms with van der Waals surface area (Å²) in [5.41, 5.74) is 1.19. The minimum Gasteiger partial charge on any atom is -0.493 e. The largest absolute Gasteiger partial charge is 0.493 e. The summed E-state index contributed by atoms with van der Waals surface area (Å²) in [5, 5.41) is 8.92. The van der Waals surface area contributed by atoms with E-state index in [-0.39, 0.29) is 5.69 Å². The van der Waals surface area contributed by atoms with Crippen LogP contribution in [-0.2, 0) is 11.3 Å². The number of hydrogen-bond donors (Lipinski definition) is 0. The lowest BCUT2D eigenvalue weighted by Gasteiger charge is -2.23. The molecule has 2 rings (SSSR count). The van der Waals surface area contributed by atoms with Crippen LogP contribution in [0.2, 0.25) is 5.02 Å². The molecule has 6 nitrogen and oxygen atoms in total. The number of carbonyl (C=O) groups is 1. The average molecular weight is 420 g/mol. The molecule has 1 heterocycles. The molecule has 0 aliphatic carbocycles. The number of halogens is 1. The van der Waals surface area contributed by atoms with E-state index < -0.39 is 5.97 Å². The standard InChI is InChI=1S/C22H30ClN3O3/c1-5-7-12-28-22(27)19-9-11-21(25-24-19)26(6-2)14-17-13-18(23)8-10-20(17)29-15-16(3)4/h8-11,13,16H,5-7,12,14-15H2,1-4H3. The molecule has 0 spiro atoms. The molecule has 0 aliphatic rings. The van der Waals surface area contributed by atoms with Crippen molar-refractivity contribution in [3.8, 4) is 5.75 Å². The van der Waals surface area contributed by atoms with Crippen LogP contribution in [0.3, 0.4) is 0 Å². The third-order valence-electron chi connectivity index (χ3n) is 4.25. The predicted molar refractivity (Wildman–Crippen MR) is 116 cm³/mol. The Bertz CT molecular complexity index is 781. The van der Waals surface area contributed by atoms with Crippen LogP contribution >= 0.6 is 11.6 Å². The minimum atomic E-state index is -0.445. The highest BCUT2D eigenvalue weighted by atomic mass is 35.5. The Kier molecular flexibility index (Phi) is 9.19. The molecule has 0 unspecified atom stereocenters. The average Bonchev–Trinajstić information content (AvgIpc) is 2.71. The van der Waals surface area contributed by atoms with E-state index in [0.717, 1.165) is 24.2 Å². The van der Waals surface area contributed by atoms with Crippen LogP contribution in [0.25, 0.3) is 0 Å². The Labute approximate surface area is 178 Å². The second-order valence-corrected chi connectivity index (χ2v) is 7.67. The summed E-state index contributed by atoms with van der Waals surface area (Å²) in [7, 11) is 0. The van der Waals surface area contributed by atoms with Gasteiger partial charge in [0.25, 0.3) is 0 Å². The smallest absolute Gasteiger partial charge is 0.358 e. The number of nitrogens with zero attached hydrogens (tertiary/aromatic N) is 3. The van der Waals surface area contributed by atoms with Crippen molar-refractivity contribution in [3.63, 3.8) is 0 Å². The molecule has 0 fully saturated rings. The van der Waals surface area contributed by atoms with Gasteiger partial charge < -0.3 is 14.4 Å². The molecule has 0 aliphatic heterocycles. The summed E-state index contributed by atoms with van der Waals surface area (Å²) in [5.74, 6) is 1.47. The van der Waals surface area contributed by atoms with Gasteiger partial charge in [-0.25, -0.2) is 4.79 Å². The van der Waals surface area contributed by atoms with Crippen LogP contribution in [0.4, 0.5) is 5.82 Å². The van der Waals surface area contributed by atoms with Crippen molar-refractivity contribution in [2.45, 2.75) is 47.1 Å². The van der Waals surface area contributed by atoms with E-state index in [1.165, 1.54) is 0 Å². The fourth-order valence-electron chi connectivity index (χ4n) is 2.62. The summed E-state index contributed by atoms with van der Waals surface area (Å²) < 4.78 is 11.1. The maximum absolute atomic E-state index is 12.0. The minimum absolute atomic E-state index is 0.213. The molecule has 0 saturated heterocycles. The van der Waals surface area contributed by atoms with Crippen molar-refractivity contribution in [1.29, 1.82) is 0 Å². The van der Waals surface area contributed by atoms with Crippen molar-refractivity contribution in [1.82, 2.24) is 10.2 Å². The molecule has 158 valence electrons. The summed E-state index contributed by atoms with van der Waals surface area (Å²) in [6.07, 6.45) is 1.80. The maximum atomic E-state index is 12.0. The van der Waals surface area contributed by atoms with E-state index in [1.807, 2.05) is 36.9 Å². The Balaban J connectivity index is 2.12. The molecule has 7 heteroatoms. The fraction of sp³-hybridized carbons (Fsp3) is 0.500. The Hall–Kier alpha value is -2.34. The SMILES string of the molecule is CCCCOC(=O)c1ccc(N(CC)Cc2cc(Cl)ccc2OCC(C)C)nn1. The number of ether oxygens (including phenoxy) is 2. The predicted octanol–water partition coefficient (Wildman–Crippen LogP) is 5.15. The number of anilines is 1. The molecule has 1 aromatic carbocycles. The van der Waals surface area contributed by atoms with Gasteiger partial charge in [-0.2, -0.15) is 0 Å². The first kappa shape index (κ1) is 22.9. The number of carbonyl (C=O) groups excluding carboxylic acids is 1. The molecule has 0 atom stereocenters. The second kappa shape index (κ2) is 11.6. The zero-order valence-electron chi connectivity index (χ0n) is 17.7. The van der Waals surface area contributed by atoms with Gasteiger partial charge in [0, 0.05) is 23.7 Å². The zero-order valence-corrected chi connectivity index (χ0v) is 18.4. The van der Waals surface area contributed by atoms with Crippen molar-refractivity contribution >= 4 is 23.4 Å². The van der Waals surface area contributed by atoms with Gasteiger partial charge in [-0.1, -0.05) is 38.8 Å². The van der Waals surface area contributed by atoms with Gasteiger partial charge in [0.15, 0.2) is 11.5 Å². The number of hydrogen-bond acceptors (Lipinski definition) is 6. The lowest BCUT2D eigenvalue weighted by atomic mass is 10.1. The first-order valence-electron chi connectivity index (χ1n) is 10.1. The van der Waals surface area contributed by atoms with Gasteiger partial charge in [-0.05, 0) is 49.6 Å². The monoisotopic (exact) mass is 419 g/mol. The molecule has 0 bridgehead atoms. The van der Waals surface area contributed by atoms with Crippen molar-refractivity contribution in [3.05, 3.63) is 46.6 Å². The van der Waals surface area contributed by atoms with Gasteiger partial charge in [0.1, 0.15) is 5.75 Å². The van der Waals surface area contributed by atoms with Crippen LogP contribution in [0.1, 0.15) is 56.6 Å². The zero-order chi connectivity index (χ0) is 21.2. The van der Waals surface area contributed by atoms with Gasteiger partial charge in [0.05, 0.1) is 13.2 Å². The first-order chi connectivity index (χ1) is 13.9. The number of rotatable bonds is 11. The lowest BCUT2D eigenvalue weighted by molar-refractivity contribution is 0.0491. The lowest BCUT2D eigenvalue weighted by Crippen LogP contribution is -2.24. The summed E-state index contributed by atoms with van der Waals surface area (Å²) in [6, 6.07) is 9.07. The van der Waals surface area contributed by atoms with Crippen LogP contribution in [0.15, 0.2) is 30.3 Å². The van der Waals surface area contributed by atoms with E-state index in [9.17, 15) is 4.79 Å². The third kappa shape index (κ3) is 7.20. The molecular formula is C22H30ClN3O3. The van der Waals surface area contributed by atoms with Crippen LogP contribution in [-0.4, -0.2) is 35.9 Å². The molecule has 0 saturated carbocycles. The Morgan fingerprint density at radius 3 is 2.59 bits per heavy atom. The van der Waals surface area contributed by atoms with Gasteiger partial charge in [-0.15, -0.1) is 10.2 Å². The Morgan fingerprint density at radius 2 is 1.97 bits per heavy atom. The summed E-state index contributed by atoms with van der Waals surface area (Å²) in [6.45, 7) is 10.6. The van der Waals surface area contributed by atoms with Crippen molar-refractivity contribution < 1.29 is 14.3 Å². The molecule has 0 N–H and O–H groups in total. The highest BCUT2D eigenvalue weighted by Crippen LogP contribution is 2.26. The fourth-order valence-corrected chi connectivity index (χ4v) is 2.81. The van der Waals surface area contributed by atoms with E-state index in [2.05, 4.69) is 24.0 Å². The number of benzene rings is 1. The Morgan fingerprint density at radius 1 is 1.17 bits per heavy atom. The summed E-state index contributed by atoms with van der Waals surface area (Å²) >= 11 is 6.21.